The highest BCUT2D eigenvalue weighted by molar-refractivity contribution is 8.44. The van der Waals surface area contributed by atoms with Gasteiger partial charge in [0.05, 0.1) is 0 Å². The third-order valence-electron chi connectivity index (χ3n) is 2.80. The number of aliphatic hydroxyl groups excluding tert-OH is 3. The summed E-state index contributed by atoms with van der Waals surface area (Å²) in [5.74, 6) is 0. The van der Waals surface area contributed by atoms with Gasteiger partial charge in [-0.3, -0.25) is 13.6 Å². The van der Waals surface area contributed by atoms with E-state index in [4.69, 9.17) is 14.7 Å². The summed E-state index contributed by atoms with van der Waals surface area (Å²) < 4.78 is 24.9. The van der Waals surface area contributed by atoms with Crippen LogP contribution in [-0.2, 0) is 41.8 Å². The predicted molar refractivity (Wildman–Crippen MR) is 88.9 cm³/mol. The minimum absolute atomic E-state index is 1.97. The molecule has 24 heavy (non-hydrogen) atoms. The molecule has 1 aliphatic rings. The highest BCUT2D eigenvalue weighted by atomic mass is 32.7. The average molecular weight is 468 g/mol. The van der Waals surface area contributed by atoms with Crippen LogP contribution in [0, 0.1) is 0 Å². The molecule has 0 spiro atoms. The monoisotopic (exact) mass is 468 g/mol. The molecule has 0 aromatic rings. The molecule has 7 atom stereocenters. The first-order valence-electron chi connectivity index (χ1n) is 5.78. The molecule has 12 nitrogen and oxygen atoms in total. The lowest BCUT2D eigenvalue weighted by atomic mass is 9.85. The Kier molecular flexibility index (Phi) is 8.03. The van der Waals surface area contributed by atoms with E-state index in [2.05, 4.69) is 49.4 Å². The van der Waals surface area contributed by atoms with Crippen molar-refractivity contribution in [1.82, 2.24) is 0 Å². The molecule has 1 rings (SSSR count). The molecule has 0 aromatic carbocycles. The molecule has 1 aliphatic carbocycles. The average Bonchev–Trinajstić information content (AvgIpc) is 2.32. The first-order valence-corrected chi connectivity index (χ1v) is 13.8. The Balaban J connectivity index is 3.23. The first-order chi connectivity index (χ1) is 10.5. The Hall–Kier alpha value is 1.44. The SMILES string of the molecule is O=P(O)(S)O[C@H]1[C@H](O)[C@H](OP(O)(O)=S)[C@H](O)[C@@H](O)[C@@H]1OP(O)(O)=S. The van der Waals surface area contributed by atoms with Crippen LogP contribution in [0.15, 0.2) is 0 Å². The van der Waals surface area contributed by atoms with Crippen molar-refractivity contribution < 1.29 is 57.9 Å². The van der Waals surface area contributed by atoms with E-state index in [1.165, 1.54) is 0 Å². The van der Waals surface area contributed by atoms with Crippen LogP contribution in [0.1, 0.15) is 0 Å². The Labute approximate surface area is 150 Å². The summed E-state index contributed by atoms with van der Waals surface area (Å²) in [5.41, 5.74) is 0. The van der Waals surface area contributed by atoms with E-state index >= 15 is 0 Å². The van der Waals surface area contributed by atoms with Crippen molar-refractivity contribution >= 4 is 56.1 Å². The minimum Gasteiger partial charge on any atom is -0.387 e. The molecule has 0 aromatic heterocycles. The Bertz CT molecular complexity index is 585. The van der Waals surface area contributed by atoms with Crippen molar-refractivity contribution in [1.29, 1.82) is 0 Å². The number of thiol groups is 1. The van der Waals surface area contributed by atoms with Gasteiger partial charge in [-0.25, -0.2) is 4.57 Å². The highest BCUT2D eigenvalue weighted by Crippen LogP contribution is 2.53. The molecule has 0 bridgehead atoms. The first kappa shape index (κ1) is 23.5. The van der Waals surface area contributed by atoms with Crippen LogP contribution in [0.2, 0.25) is 0 Å². The fourth-order valence-electron chi connectivity index (χ4n) is 2.01. The van der Waals surface area contributed by atoms with Crippen molar-refractivity contribution in [3.05, 3.63) is 0 Å². The Morgan fingerprint density at radius 3 is 1.42 bits per heavy atom. The smallest absolute Gasteiger partial charge is 0.383 e. The van der Waals surface area contributed by atoms with Crippen LogP contribution >= 0.6 is 32.5 Å². The second-order valence-corrected chi connectivity index (χ2v) is 12.6. The van der Waals surface area contributed by atoms with Gasteiger partial charge >= 0.3 is 20.2 Å². The van der Waals surface area contributed by atoms with Crippen molar-refractivity contribution in [2.45, 2.75) is 36.6 Å². The van der Waals surface area contributed by atoms with Gasteiger partial charge in [0.2, 0.25) is 0 Å². The fourth-order valence-corrected chi connectivity index (χ4v) is 4.62. The maximum atomic E-state index is 11.3. The molecular weight excluding hydrogens is 453 g/mol. The molecule has 144 valence electrons. The van der Waals surface area contributed by atoms with Gasteiger partial charge in [-0.2, -0.15) is 0 Å². The second-order valence-electron chi connectivity index (χ2n) is 4.65. The Morgan fingerprint density at radius 1 is 0.708 bits per heavy atom. The van der Waals surface area contributed by atoms with Crippen LogP contribution < -0.4 is 0 Å². The standard InChI is InChI=1S/C6H15O12P3S3/c7-1-2(8)5(17-20(12,13)23)6(18-21(14,15)24)3(9)4(1)16-19(10,11)22/h1-9H,(H2,10,11,22)(H2,12,13,23)(H2,14,15,24)/t1-,2-,3-,4-,5+,6+/m1/s1. The maximum absolute atomic E-state index is 11.3. The van der Waals surface area contributed by atoms with E-state index in [1.54, 1.807) is 0 Å². The topological polar surface area (TPSA) is 207 Å². The fraction of sp³-hybridized carbons (Fsp3) is 1.00. The van der Waals surface area contributed by atoms with E-state index in [1.807, 2.05) is 0 Å². The van der Waals surface area contributed by atoms with E-state index in [9.17, 15) is 29.7 Å². The van der Waals surface area contributed by atoms with Crippen LogP contribution in [0.3, 0.4) is 0 Å². The van der Waals surface area contributed by atoms with Crippen LogP contribution in [-0.4, -0.2) is 76.4 Å². The van der Waals surface area contributed by atoms with E-state index in [-0.39, 0.29) is 0 Å². The third kappa shape index (κ3) is 7.22. The zero-order chi connectivity index (χ0) is 19.1. The lowest BCUT2D eigenvalue weighted by molar-refractivity contribution is -0.207. The van der Waals surface area contributed by atoms with Gasteiger partial charge in [0.25, 0.3) is 0 Å². The van der Waals surface area contributed by atoms with Crippen molar-refractivity contribution in [2.75, 3.05) is 0 Å². The summed E-state index contributed by atoms with van der Waals surface area (Å²) in [7, 11) is 0. The van der Waals surface area contributed by atoms with Crippen molar-refractivity contribution in [3.63, 3.8) is 0 Å². The molecule has 0 heterocycles. The van der Waals surface area contributed by atoms with Gasteiger partial charge in [0.15, 0.2) is 0 Å². The summed E-state index contributed by atoms with van der Waals surface area (Å²) in [5, 5.41) is 30.0. The molecule has 0 radical (unpaired) electrons. The highest BCUT2D eigenvalue weighted by Gasteiger charge is 2.55. The second kappa shape index (κ2) is 8.21. The number of aliphatic hydroxyl groups is 3. The molecule has 0 amide bonds. The lowest BCUT2D eigenvalue weighted by Crippen LogP contribution is -2.65. The minimum atomic E-state index is -4.62. The van der Waals surface area contributed by atoms with Gasteiger partial charge in [-0.15, -0.1) is 0 Å². The zero-order valence-electron chi connectivity index (χ0n) is 11.3. The summed E-state index contributed by atoms with van der Waals surface area (Å²) in [6, 6.07) is 0. The van der Waals surface area contributed by atoms with Crippen molar-refractivity contribution in [3.8, 4) is 0 Å². The van der Waals surface area contributed by atoms with Crippen LogP contribution in [0.4, 0.5) is 0 Å². The van der Waals surface area contributed by atoms with Gasteiger partial charge in [0.1, 0.15) is 36.6 Å². The van der Waals surface area contributed by atoms with Gasteiger partial charge in [-0.1, -0.05) is 12.2 Å². The predicted octanol–water partition coefficient (Wildman–Crippen LogP) is -2.31. The van der Waals surface area contributed by atoms with E-state index in [0.717, 1.165) is 0 Å². The van der Waals surface area contributed by atoms with Crippen molar-refractivity contribution in [2.24, 2.45) is 0 Å². The normalized spacial score (nSPS) is 37.9. The maximum Gasteiger partial charge on any atom is 0.383 e. The molecule has 8 N–H and O–H groups in total. The van der Waals surface area contributed by atoms with E-state index < -0.39 is 56.9 Å². The number of rotatable bonds is 6. The number of hydrogen-bond donors (Lipinski definition) is 9. The largest absolute Gasteiger partial charge is 0.387 e. The van der Waals surface area contributed by atoms with E-state index in [0.29, 0.717) is 0 Å². The molecule has 1 unspecified atom stereocenters. The number of hydrogen-bond acceptors (Lipinski definition) is 9. The van der Waals surface area contributed by atoms with Gasteiger partial charge in [-0.05, 0) is 23.6 Å². The van der Waals surface area contributed by atoms with Gasteiger partial charge in [0, 0.05) is 0 Å². The quantitative estimate of drug-likeness (QED) is 0.148. The molecule has 0 aliphatic heterocycles. The molecule has 1 fully saturated rings. The molecule has 0 saturated heterocycles. The Morgan fingerprint density at radius 2 is 1.04 bits per heavy atom. The summed E-state index contributed by atoms with van der Waals surface area (Å²) in [6.45, 7) is -13.5. The van der Waals surface area contributed by atoms with Crippen LogP contribution in [0.5, 0.6) is 0 Å². The third-order valence-corrected chi connectivity index (χ3v) is 5.15. The summed E-state index contributed by atoms with van der Waals surface area (Å²) in [6.07, 6.45) is -12.3. The molecular formula is C6H15O12P3S3. The zero-order valence-corrected chi connectivity index (χ0v) is 16.5. The lowest BCUT2D eigenvalue weighted by Gasteiger charge is -2.45. The summed E-state index contributed by atoms with van der Waals surface area (Å²) >= 11 is 11.6. The summed E-state index contributed by atoms with van der Waals surface area (Å²) in [4.78, 5) is 45.8. The molecule has 1 saturated carbocycles. The van der Waals surface area contributed by atoms with Crippen LogP contribution in [0.25, 0.3) is 0 Å². The van der Waals surface area contributed by atoms with Gasteiger partial charge < -0.3 is 39.8 Å². The molecule has 18 heteroatoms.